The number of carboxylic acids is 1. The van der Waals surface area contributed by atoms with Gasteiger partial charge in [-0.15, -0.1) is 0 Å². The van der Waals surface area contributed by atoms with Crippen molar-refractivity contribution in [2.45, 2.75) is 32.1 Å². The predicted octanol–water partition coefficient (Wildman–Crippen LogP) is 4.95. The summed E-state index contributed by atoms with van der Waals surface area (Å²) in [7, 11) is 0. The van der Waals surface area contributed by atoms with Gasteiger partial charge < -0.3 is 14.7 Å². The highest BCUT2D eigenvalue weighted by atomic mass is 16.5. The second kappa shape index (κ2) is 8.56. The Kier molecular flexibility index (Phi) is 5.94. The molecule has 0 saturated carbocycles. The second-order valence-corrected chi connectivity index (χ2v) is 6.63. The Morgan fingerprint density at radius 1 is 1.00 bits per heavy atom. The fraction of sp³-hybridized carbons (Fsp3) is 0.381. The summed E-state index contributed by atoms with van der Waals surface area (Å²) in [5.41, 5.74) is 1.23. The maximum Gasteiger partial charge on any atom is 0.303 e. The van der Waals surface area contributed by atoms with E-state index < -0.39 is 5.97 Å². The Labute approximate surface area is 149 Å². The van der Waals surface area contributed by atoms with E-state index in [1.807, 2.05) is 42.5 Å². The number of carboxylic acid groups (broad SMARTS) is 1. The van der Waals surface area contributed by atoms with Crippen molar-refractivity contribution >= 4 is 11.7 Å². The van der Waals surface area contributed by atoms with Crippen LogP contribution in [-0.2, 0) is 4.79 Å². The van der Waals surface area contributed by atoms with Crippen molar-refractivity contribution in [2.75, 3.05) is 18.0 Å². The number of benzene rings is 2. The summed E-state index contributed by atoms with van der Waals surface area (Å²) in [6.45, 7) is 2.08. The lowest BCUT2D eigenvalue weighted by Crippen LogP contribution is -2.33. The quantitative estimate of drug-likeness (QED) is 0.775. The molecule has 2 aromatic carbocycles. The van der Waals surface area contributed by atoms with Gasteiger partial charge in [0.2, 0.25) is 0 Å². The first-order valence-electron chi connectivity index (χ1n) is 9.00. The van der Waals surface area contributed by atoms with Crippen LogP contribution in [0.5, 0.6) is 11.5 Å². The molecule has 132 valence electrons. The Bertz CT molecular complexity index is 661. The summed E-state index contributed by atoms with van der Waals surface area (Å²) in [6, 6.07) is 18.1. The van der Waals surface area contributed by atoms with E-state index in [4.69, 9.17) is 9.84 Å². The number of anilines is 1. The van der Waals surface area contributed by atoms with Crippen LogP contribution in [0.3, 0.4) is 0 Å². The highest BCUT2D eigenvalue weighted by Crippen LogP contribution is 2.29. The average molecular weight is 339 g/mol. The van der Waals surface area contributed by atoms with Crippen LogP contribution < -0.4 is 9.64 Å². The van der Waals surface area contributed by atoms with Gasteiger partial charge >= 0.3 is 5.97 Å². The molecular weight excluding hydrogens is 314 g/mol. The minimum absolute atomic E-state index is 0.295. The molecule has 1 heterocycles. The third-order valence-electron chi connectivity index (χ3n) is 4.80. The molecule has 1 aliphatic heterocycles. The predicted molar refractivity (Wildman–Crippen MR) is 99.4 cm³/mol. The van der Waals surface area contributed by atoms with Crippen LogP contribution in [-0.4, -0.2) is 24.2 Å². The van der Waals surface area contributed by atoms with Crippen molar-refractivity contribution in [2.24, 2.45) is 5.92 Å². The molecule has 1 N–H and O–H groups in total. The maximum absolute atomic E-state index is 10.6. The molecule has 0 atom stereocenters. The van der Waals surface area contributed by atoms with Gasteiger partial charge in [0, 0.05) is 25.2 Å². The van der Waals surface area contributed by atoms with E-state index in [1.54, 1.807) is 0 Å². The largest absolute Gasteiger partial charge is 0.481 e. The Balaban J connectivity index is 1.48. The number of carbonyl (C=O) groups is 1. The van der Waals surface area contributed by atoms with E-state index in [-0.39, 0.29) is 0 Å². The van der Waals surface area contributed by atoms with E-state index in [2.05, 4.69) is 17.0 Å². The zero-order chi connectivity index (χ0) is 17.5. The first-order valence-corrected chi connectivity index (χ1v) is 9.00. The molecule has 0 radical (unpaired) electrons. The average Bonchev–Trinajstić information content (AvgIpc) is 2.64. The van der Waals surface area contributed by atoms with Gasteiger partial charge in [0.15, 0.2) is 0 Å². The molecule has 1 saturated heterocycles. The monoisotopic (exact) mass is 339 g/mol. The first-order chi connectivity index (χ1) is 12.2. The van der Waals surface area contributed by atoms with Crippen LogP contribution in [0, 0.1) is 5.92 Å². The molecule has 0 amide bonds. The van der Waals surface area contributed by atoms with Crippen molar-refractivity contribution in [1.29, 1.82) is 0 Å². The van der Waals surface area contributed by atoms with Crippen molar-refractivity contribution < 1.29 is 14.6 Å². The molecular formula is C21H25NO3. The summed E-state index contributed by atoms with van der Waals surface area (Å²) in [6.07, 6.45) is 4.41. The lowest BCUT2D eigenvalue weighted by atomic mass is 9.91. The fourth-order valence-electron chi connectivity index (χ4n) is 3.37. The van der Waals surface area contributed by atoms with Crippen LogP contribution in [0.2, 0.25) is 0 Å². The number of ether oxygens (including phenoxy) is 1. The Morgan fingerprint density at radius 2 is 1.64 bits per heavy atom. The van der Waals surface area contributed by atoms with Crippen LogP contribution in [0.4, 0.5) is 5.69 Å². The highest BCUT2D eigenvalue weighted by Gasteiger charge is 2.19. The minimum atomic E-state index is -0.685. The smallest absolute Gasteiger partial charge is 0.303 e. The third-order valence-corrected chi connectivity index (χ3v) is 4.80. The summed E-state index contributed by atoms with van der Waals surface area (Å²) >= 11 is 0. The van der Waals surface area contributed by atoms with Gasteiger partial charge in [-0.05, 0) is 68.0 Å². The maximum atomic E-state index is 10.6. The van der Waals surface area contributed by atoms with Crippen molar-refractivity contribution in [1.82, 2.24) is 0 Å². The molecule has 1 aliphatic rings. The molecule has 0 spiro atoms. The molecule has 0 unspecified atom stereocenters. The zero-order valence-electron chi connectivity index (χ0n) is 14.4. The molecule has 3 rings (SSSR count). The van der Waals surface area contributed by atoms with Gasteiger partial charge in [-0.2, -0.15) is 0 Å². The SMILES string of the molecule is O=C(O)CCCC1CCN(c2ccc(Oc3ccccc3)cc2)CC1. The van der Waals surface area contributed by atoms with Crippen LogP contribution >= 0.6 is 0 Å². The van der Waals surface area contributed by atoms with Gasteiger partial charge in [0.25, 0.3) is 0 Å². The fourth-order valence-corrected chi connectivity index (χ4v) is 3.37. The number of rotatable bonds is 7. The molecule has 2 aromatic rings. The van der Waals surface area contributed by atoms with Crippen LogP contribution in [0.15, 0.2) is 54.6 Å². The number of para-hydroxylation sites is 1. The molecule has 4 nitrogen and oxygen atoms in total. The third kappa shape index (κ3) is 5.24. The Hall–Kier alpha value is -2.49. The van der Waals surface area contributed by atoms with E-state index in [0.717, 1.165) is 50.3 Å². The van der Waals surface area contributed by atoms with Crippen LogP contribution in [0.1, 0.15) is 32.1 Å². The first kappa shape index (κ1) is 17.3. The number of hydrogen-bond acceptors (Lipinski definition) is 3. The van der Waals surface area contributed by atoms with E-state index in [1.165, 1.54) is 5.69 Å². The number of piperidine rings is 1. The second-order valence-electron chi connectivity index (χ2n) is 6.63. The van der Waals surface area contributed by atoms with Gasteiger partial charge in [-0.1, -0.05) is 18.2 Å². The topological polar surface area (TPSA) is 49.8 Å². The van der Waals surface area contributed by atoms with Gasteiger partial charge in [-0.3, -0.25) is 4.79 Å². The highest BCUT2D eigenvalue weighted by molar-refractivity contribution is 5.66. The van der Waals surface area contributed by atoms with Crippen LogP contribution in [0.25, 0.3) is 0 Å². The van der Waals surface area contributed by atoms with Gasteiger partial charge in [0.05, 0.1) is 0 Å². The molecule has 0 aliphatic carbocycles. The number of aliphatic carboxylic acids is 1. The summed E-state index contributed by atoms with van der Waals surface area (Å²) < 4.78 is 5.83. The number of hydrogen-bond donors (Lipinski definition) is 1. The number of nitrogens with zero attached hydrogens (tertiary/aromatic N) is 1. The van der Waals surface area contributed by atoms with E-state index >= 15 is 0 Å². The molecule has 4 heteroatoms. The van der Waals surface area contributed by atoms with Crippen molar-refractivity contribution in [3.05, 3.63) is 54.6 Å². The summed E-state index contributed by atoms with van der Waals surface area (Å²) in [5.74, 6) is 1.67. The Morgan fingerprint density at radius 3 is 2.28 bits per heavy atom. The van der Waals surface area contributed by atoms with Crippen molar-refractivity contribution in [3.63, 3.8) is 0 Å². The standard InChI is InChI=1S/C21H25NO3/c23-21(24)8-4-5-17-13-15-22(16-14-17)18-9-11-20(12-10-18)25-19-6-2-1-3-7-19/h1-3,6-7,9-12,17H,4-5,8,13-16H2,(H,23,24). The minimum Gasteiger partial charge on any atom is -0.481 e. The molecule has 1 fully saturated rings. The van der Waals surface area contributed by atoms with E-state index in [0.29, 0.717) is 12.3 Å². The van der Waals surface area contributed by atoms with Crippen molar-refractivity contribution in [3.8, 4) is 11.5 Å². The summed E-state index contributed by atoms with van der Waals surface area (Å²) in [5, 5.41) is 8.73. The lowest BCUT2D eigenvalue weighted by molar-refractivity contribution is -0.137. The lowest BCUT2D eigenvalue weighted by Gasteiger charge is -2.33. The molecule has 0 aromatic heterocycles. The van der Waals surface area contributed by atoms with E-state index in [9.17, 15) is 4.79 Å². The zero-order valence-corrected chi connectivity index (χ0v) is 14.4. The van der Waals surface area contributed by atoms with Gasteiger partial charge in [0.1, 0.15) is 11.5 Å². The molecule has 25 heavy (non-hydrogen) atoms. The normalized spacial score (nSPS) is 15.1. The van der Waals surface area contributed by atoms with Gasteiger partial charge in [-0.25, -0.2) is 0 Å². The molecule has 0 bridgehead atoms. The summed E-state index contributed by atoms with van der Waals surface area (Å²) in [4.78, 5) is 13.0.